The summed E-state index contributed by atoms with van der Waals surface area (Å²) in [7, 11) is 0. The van der Waals surface area contributed by atoms with E-state index in [0.717, 1.165) is 27.7 Å². The molecule has 0 aliphatic carbocycles. The van der Waals surface area contributed by atoms with Crippen LogP contribution in [0.3, 0.4) is 0 Å². The van der Waals surface area contributed by atoms with Crippen LogP contribution < -0.4 is 0 Å². The van der Waals surface area contributed by atoms with Crippen LogP contribution in [0, 0.1) is 10.8 Å². The van der Waals surface area contributed by atoms with Gasteiger partial charge >= 0.3 is 12.4 Å². The minimum atomic E-state index is -4.69. The van der Waals surface area contributed by atoms with E-state index in [0.29, 0.717) is 0 Å². The van der Waals surface area contributed by atoms with E-state index in [1.807, 2.05) is 0 Å². The quantitative estimate of drug-likeness (QED) is 0.510. The molecule has 0 amide bonds. The van der Waals surface area contributed by atoms with Crippen molar-refractivity contribution in [2.75, 3.05) is 0 Å². The average molecular weight is 290 g/mol. The zero-order valence-corrected chi connectivity index (χ0v) is 11.1. The zero-order valence-electron chi connectivity index (χ0n) is 11.1. The summed E-state index contributed by atoms with van der Waals surface area (Å²) in [6, 6.07) is 0. The summed E-state index contributed by atoms with van der Waals surface area (Å²) in [6.45, 7) is 9.18. The van der Waals surface area contributed by atoms with Gasteiger partial charge in [0.25, 0.3) is 0 Å². The van der Waals surface area contributed by atoms with E-state index < -0.39 is 34.7 Å². The zero-order chi connectivity index (χ0) is 15.9. The van der Waals surface area contributed by atoms with Crippen LogP contribution in [0.25, 0.3) is 0 Å². The van der Waals surface area contributed by atoms with Gasteiger partial charge in [0.05, 0.1) is 0 Å². The van der Waals surface area contributed by atoms with Crippen LogP contribution in [0.4, 0.5) is 26.3 Å². The van der Waals surface area contributed by atoms with E-state index in [1.54, 1.807) is 0 Å². The highest BCUT2D eigenvalue weighted by Crippen LogP contribution is 2.48. The fraction of sp³-hybridized carbons (Fsp3) is 0.667. The summed E-state index contributed by atoms with van der Waals surface area (Å²) >= 11 is 0. The Kier molecular flexibility index (Phi) is 4.47. The lowest BCUT2D eigenvalue weighted by atomic mass is 9.88. The van der Waals surface area contributed by atoms with Gasteiger partial charge < -0.3 is 4.74 Å². The summed E-state index contributed by atoms with van der Waals surface area (Å²) in [5.41, 5.74) is -4.95. The molecule has 0 radical (unpaired) electrons. The Morgan fingerprint density at radius 3 is 1.05 bits per heavy atom. The third-order valence-corrected chi connectivity index (χ3v) is 3.06. The maximum atomic E-state index is 12.7. The van der Waals surface area contributed by atoms with E-state index in [4.69, 9.17) is 0 Å². The first-order valence-corrected chi connectivity index (χ1v) is 5.25. The molecule has 0 unspecified atom stereocenters. The van der Waals surface area contributed by atoms with Crippen LogP contribution in [0.15, 0.2) is 24.7 Å². The van der Waals surface area contributed by atoms with Crippen molar-refractivity contribution in [1.82, 2.24) is 0 Å². The second-order valence-electron chi connectivity index (χ2n) is 5.19. The third kappa shape index (κ3) is 3.45. The number of alkyl halides is 6. The maximum absolute atomic E-state index is 12.7. The van der Waals surface area contributed by atoms with Crippen molar-refractivity contribution in [3.05, 3.63) is 24.7 Å². The van der Waals surface area contributed by atoms with Gasteiger partial charge in [-0.25, -0.2) is 0 Å². The van der Waals surface area contributed by atoms with Gasteiger partial charge in [-0.15, -0.1) is 0 Å². The second-order valence-corrected chi connectivity index (χ2v) is 5.19. The van der Waals surface area contributed by atoms with Crippen LogP contribution in [0.2, 0.25) is 0 Å². The molecule has 0 saturated heterocycles. The van der Waals surface area contributed by atoms with Crippen molar-refractivity contribution in [3.63, 3.8) is 0 Å². The lowest BCUT2D eigenvalue weighted by Crippen LogP contribution is -2.38. The monoisotopic (exact) mass is 290 g/mol. The summed E-state index contributed by atoms with van der Waals surface area (Å²) in [5, 5.41) is 0. The molecule has 0 bridgehead atoms. The molecular formula is C12H16F6O. The largest absolute Gasteiger partial charge is 0.465 e. The van der Waals surface area contributed by atoms with E-state index in [-0.39, 0.29) is 0 Å². The van der Waals surface area contributed by atoms with Crippen LogP contribution >= 0.6 is 0 Å². The lowest BCUT2D eigenvalue weighted by Gasteiger charge is -2.34. The molecule has 0 N–H and O–H groups in total. The molecule has 1 nitrogen and oxygen atoms in total. The van der Waals surface area contributed by atoms with Crippen LogP contribution in [0.5, 0.6) is 0 Å². The van der Waals surface area contributed by atoms with Crippen LogP contribution in [-0.2, 0) is 4.74 Å². The molecule has 0 heterocycles. The first-order valence-electron chi connectivity index (χ1n) is 5.25. The van der Waals surface area contributed by atoms with Gasteiger partial charge in [-0.1, -0.05) is 13.2 Å². The highest BCUT2D eigenvalue weighted by Gasteiger charge is 2.54. The summed E-state index contributed by atoms with van der Waals surface area (Å²) in [4.78, 5) is 0. The van der Waals surface area contributed by atoms with Crippen molar-refractivity contribution in [2.45, 2.75) is 40.0 Å². The molecular weight excluding hydrogens is 274 g/mol. The normalized spacial score (nSPS) is 14.2. The lowest BCUT2D eigenvalue weighted by molar-refractivity contribution is -0.219. The Morgan fingerprint density at radius 1 is 0.684 bits per heavy atom. The number of rotatable bonds is 4. The molecule has 112 valence electrons. The molecule has 19 heavy (non-hydrogen) atoms. The van der Waals surface area contributed by atoms with E-state index >= 15 is 0 Å². The van der Waals surface area contributed by atoms with Gasteiger partial charge in [0.1, 0.15) is 22.3 Å². The van der Waals surface area contributed by atoms with Gasteiger partial charge in [-0.3, -0.25) is 0 Å². The standard InChI is InChI=1S/C12H16F6O/c1-7(9(3,4)11(13,14)15)19-8(2)10(5,6)12(16,17)18/h1-2H2,3-6H3. The Labute approximate surface area is 107 Å². The summed E-state index contributed by atoms with van der Waals surface area (Å²) in [5.74, 6) is -1.66. The molecule has 0 aliphatic heterocycles. The molecule has 0 atom stereocenters. The van der Waals surface area contributed by atoms with E-state index in [2.05, 4.69) is 17.9 Å². The molecule has 0 aromatic heterocycles. The molecule has 7 heteroatoms. The van der Waals surface area contributed by atoms with Gasteiger partial charge in [0.15, 0.2) is 0 Å². The fourth-order valence-corrected chi connectivity index (χ4v) is 0.720. The predicted molar refractivity (Wildman–Crippen MR) is 59.0 cm³/mol. The number of ether oxygens (including phenoxy) is 1. The van der Waals surface area contributed by atoms with Gasteiger partial charge in [0.2, 0.25) is 0 Å². The molecule has 0 spiro atoms. The molecule has 0 aliphatic rings. The smallest absolute Gasteiger partial charge is 0.400 e. The minimum absolute atomic E-state index is 0.767. The molecule has 0 aromatic carbocycles. The first-order chi connectivity index (χ1) is 8.05. The van der Waals surface area contributed by atoms with Crippen molar-refractivity contribution in [3.8, 4) is 0 Å². The Bertz CT molecular complexity index is 337. The number of halogens is 6. The molecule has 0 fully saturated rings. The number of allylic oxidation sites excluding steroid dienone is 2. The maximum Gasteiger partial charge on any atom is 0.400 e. The van der Waals surface area contributed by atoms with Gasteiger partial charge in [-0.05, 0) is 27.7 Å². The number of hydrogen-bond donors (Lipinski definition) is 0. The average Bonchev–Trinajstić information content (AvgIpc) is 2.13. The Hall–Kier alpha value is -1.14. The van der Waals surface area contributed by atoms with E-state index in [9.17, 15) is 26.3 Å². The molecule has 0 aromatic rings. The van der Waals surface area contributed by atoms with Crippen molar-refractivity contribution >= 4 is 0 Å². The Morgan fingerprint density at radius 2 is 0.895 bits per heavy atom. The van der Waals surface area contributed by atoms with Crippen molar-refractivity contribution in [1.29, 1.82) is 0 Å². The van der Waals surface area contributed by atoms with Crippen LogP contribution in [-0.4, -0.2) is 12.4 Å². The van der Waals surface area contributed by atoms with Crippen LogP contribution in [0.1, 0.15) is 27.7 Å². The predicted octanol–water partition coefficient (Wildman–Crippen LogP) is 5.21. The minimum Gasteiger partial charge on any atom is -0.465 e. The van der Waals surface area contributed by atoms with Gasteiger partial charge in [0, 0.05) is 0 Å². The first kappa shape index (κ1) is 17.9. The summed E-state index contributed by atoms with van der Waals surface area (Å²) < 4.78 is 80.6. The highest BCUT2D eigenvalue weighted by atomic mass is 19.4. The third-order valence-electron chi connectivity index (χ3n) is 3.06. The van der Waals surface area contributed by atoms with Gasteiger partial charge in [-0.2, -0.15) is 26.3 Å². The Balaban J connectivity index is 5.11. The topological polar surface area (TPSA) is 9.23 Å². The molecule has 0 rings (SSSR count). The molecule has 0 saturated carbocycles. The SMILES string of the molecule is C=C(OC(=C)C(C)(C)C(F)(F)F)C(C)(C)C(F)(F)F. The van der Waals surface area contributed by atoms with E-state index in [1.165, 1.54) is 0 Å². The summed E-state index contributed by atoms with van der Waals surface area (Å²) in [6.07, 6.45) is -9.38. The van der Waals surface area contributed by atoms with Crippen molar-refractivity contribution in [2.24, 2.45) is 10.8 Å². The number of hydrogen-bond acceptors (Lipinski definition) is 1. The fourth-order valence-electron chi connectivity index (χ4n) is 0.720. The van der Waals surface area contributed by atoms with Crippen molar-refractivity contribution < 1.29 is 31.1 Å². The second kappa shape index (κ2) is 4.76. The highest BCUT2D eigenvalue weighted by molar-refractivity contribution is 5.11.